The third-order valence-corrected chi connectivity index (χ3v) is 3.92. The maximum Gasteiger partial charge on any atom is 0.147 e. The van der Waals surface area contributed by atoms with Crippen molar-refractivity contribution < 1.29 is 9.47 Å². The van der Waals surface area contributed by atoms with E-state index in [1.165, 1.54) is 22.3 Å². The van der Waals surface area contributed by atoms with Crippen LogP contribution in [-0.4, -0.2) is 13.4 Å². The summed E-state index contributed by atoms with van der Waals surface area (Å²) >= 11 is 0. The highest BCUT2D eigenvalue weighted by Crippen LogP contribution is 2.25. The van der Waals surface area contributed by atoms with E-state index >= 15 is 0 Å². The van der Waals surface area contributed by atoms with Gasteiger partial charge in [-0.25, -0.2) is 0 Å². The Morgan fingerprint density at radius 3 is 1.62 bits per heavy atom. The van der Waals surface area contributed by atoms with Crippen LogP contribution in [0, 0.1) is 0 Å². The zero-order valence-corrected chi connectivity index (χ0v) is 13.9. The molecule has 3 rings (SSSR count). The van der Waals surface area contributed by atoms with Crippen LogP contribution in [0.15, 0.2) is 78.9 Å². The molecule has 3 aromatic carbocycles. The second kappa shape index (κ2) is 8.44. The van der Waals surface area contributed by atoms with Gasteiger partial charge in [-0.15, -0.1) is 0 Å². The molecule has 0 aromatic heterocycles. The fourth-order valence-corrected chi connectivity index (χ4v) is 2.58. The normalized spacial score (nSPS) is 10.7. The molecule has 0 spiro atoms. The molecule has 2 nitrogen and oxygen atoms in total. The van der Waals surface area contributed by atoms with Gasteiger partial charge in [0.1, 0.15) is 6.79 Å². The van der Waals surface area contributed by atoms with E-state index in [1.54, 1.807) is 0 Å². The summed E-state index contributed by atoms with van der Waals surface area (Å²) in [4.78, 5) is 0. The van der Waals surface area contributed by atoms with Crippen LogP contribution in [-0.2, 0) is 16.1 Å². The first-order valence-corrected chi connectivity index (χ1v) is 8.27. The first kappa shape index (κ1) is 16.4. The number of benzene rings is 3. The van der Waals surface area contributed by atoms with Gasteiger partial charge < -0.3 is 9.47 Å². The summed E-state index contributed by atoms with van der Waals surface area (Å²) in [6.07, 6.45) is 0. The highest BCUT2D eigenvalue weighted by atomic mass is 16.7. The Hall–Kier alpha value is -2.42. The largest absolute Gasteiger partial charge is 0.356 e. The van der Waals surface area contributed by atoms with E-state index in [0.29, 0.717) is 20.0 Å². The summed E-state index contributed by atoms with van der Waals surface area (Å²) in [5.41, 5.74) is 6.06. The van der Waals surface area contributed by atoms with E-state index in [0.717, 1.165) is 5.56 Å². The fourth-order valence-electron chi connectivity index (χ4n) is 2.58. The fraction of sp³-hybridized carbons (Fsp3) is 0.182. The van der Waals surface area contributed by atoms with Crippen molar-refractivity contribution in [1.29, 1.82) is 0 Å². The lowest BCUT2D eigenvalue weighted by Crippen LogP contribution is -1.99. The van der Waals surface area contributed by atoms with Crippen LogP contribution in [0.2, 0.25) is 0 Å². The van der Waals surface area contributed by atoms with Crippen molar-refractivity contribution in [2.45, 2.75) is 13.5 Å². The van der Waals surface area contributed by atoms with Gasteiger partial charge in [-0.05, 0) is 34.7 Å². The maximum atomic E-state index is 5.45. The van der Waals surface area contributed by atoms with E-state index < -0.39 is 0 Å². The van der Waals surface area contributed by atoms with Crippen LogP contribution >= 0.6 is 0 Å². The second-order valence-electron chi connectivity index (χ2n) is 5.60. The minimum atomic E-state index is 0.346. The minimum absolute atomic E-state index is 0.346. The summed E-state index contributed by atoms with van der Waals surface area (Å²) < 4.78 is 10.6. The zero-order chi connectivity index (χ0) is 16.6. The van der Waals surface area contributed by atoms with Gasteiger partial charge in [0.05, 0.1) is 6.61 Å². The Balaban J connectivity index is 1.66. The summed E-state index contributed by atoms with van der Waals surface area (Å²) in [5.74, 6) is 0. The predicted octanol–water partition coefficient (Wildman–Crippen LogP) is 5.53. The van der Waals surface area contributed by atoms with E-state index in [9.17, 15) is 0 Å². The molecule has 24 heavy (non-hydrogen) atoms. The van der Waals surface area contributed by atoms with Gasteiger partial charge in [0.2, 0.25) is 0 Å². The van der Waals surface area contributed by atoms with Crippen molar-refractivity contribution in [3.8, 4) is 22.3 Å². The topological polar surface area (TPSA) is 18.5 Å². The molecule has 0 bridgehead atoms. The first-order chi connectivity index (χ1) is 11.9. The summed E-state index contributed by atoms with van der Waals surface area (Å²) in [6.45, 7) is 3.56. The predicted molar refractivity (Wildman–Crippen MR) is 98.6 cm³/mol. The number of ether oxygens (including phenoxy) is 2. The van der Waals surface area contributed by atoms with Crippen LogP contribution < -0.4 is 0 Å². The van der Waals surface area contributed by atoms with Crippen LogP contribution in [0.25, 0.3) is 22.3 Å². The molecule has 0 aliphatic heterocycles. The molecule has 0 unspecified atom stereocenters. The highest BCUT2D eigenvalue weighted by Gasteiger charge is 2.01. The molecule has 0 saturated heterocycles. The Labute approximate surface area is 143 Å². The van der Waals surface area contributed by atoms with Crippen molar-refractivity contribution in [2.75, 3.05) is 13.4 Å². The molecule has 0 heterocycles. The molecule has 0 N–H and O–H groups in total. The van der Waals surface area contributed by atoms with Gasteiger partial charge in [-0.1, -0.05) is 78.9 Å². The van der Waals surface area contributed by atoms with E-state index in [2.05, 4.69) is 72.8 Å². The Morgan fingerprint density at radius 2 is 1.08 bits per heavy atom. The smallest absolute Gasteiger partial charge is 0.147 e. The second-order valence-corrected chi connectivity index (χ2v) is 5.60. The van der Waals surface area contributed by atoms with Gasteiger partial charge in [-0.3, -0.25) is 0 Å². The lowest BCUT2D eigenvalue weighted by Gasteiger charge is -2.07. The van der Waals surface area contributed by atoms with Crippen LogP contribution in [0.3, 0.4) is 0 Å². The molecular formula is C22H22O2. The standard InChI is InChI=1S/C22H22O2/c1-2-23-17-24-16-18-8-10-20(11-9-18)22-14-12-21(13-15-22)19-6-4-3-5-7-19/h3-15H,2,16-17H2,1H3. The van der Waals surface area contributed by atoms with E-state index in [1.807, 2.05) is 13.0 Å². The number of hydrogen-bond donors (Lipinski definition) is 0. The average Bonchev–Trinajstić information content (AvgIpc) is 2.67. The third-order valence-electron chi connectivity index (χ3n) is 3.92. The van der Waals surface area contributed by atoms with Gasteiger partial charge in [0.15, 0.2) is 0 Å². The molecule has 0 aliphatic carbocycles. The summed E-state index contributed by atoms with van der Waals surface area (Å²) in [5, 5.41) is 0. The lowest BCUT2D eigenvalue weighted by molar-refractivity contribution is -0.0571. The minimum Gasteiger partial charge on any atom is -0.356 e. The van der Waals surface area contributed by atoms with Gasteiger partial charge in [-0.2, -0.15) is 0 Å². The first-order valence-electron chi connectivity index (χ1n) is 8.27. The van der Waals surface area contributed by atoms with Crippen LogP contribution in [0.1, 0.15) is 12.5 Å². The molecule has 0 saturated carbocycles. The van der Waals surface area contributed by atoms with Crippen LogP contribution in [0.5, 0.6) is 0 Å². The molecule has 122 valence electrons. The van der Waals surface area contributed by atoms with Crippen molar-refractivity contribution >= 4 is 0 Å². The monoisotopic (exact) mass is 318 g/mol. The molecular weight excluding hydrogens is 296 g/mol. The Morgan fingerprint density at radius 1 is 0.583 bits per heavy atom. The summed E-state index contributed by atoms with van der Waals surface area (Å²) in [6, 6.07) is 27.6. The Kier molecular flexibility index (Phi) is 5.78. The maximum absolute atomic E-state index is 5.45. The molecule has 0 atom stereocenters. The van der Waals surface area contributed by atoms with E-state index in [4.69, 9.17) is 9.47 Å². The average molecular weight is 318 g/mol. The van der Waals surface area contributed by atoms with Crippen molar-refractivity contribution in [1.82, 2.24) is 0 Å². The molecule has 0 fully saturated rings. The highest BCUT2D eigenvalue weighted by molar-refractivity contribution is 5.70. The zero-order valence-electron chi connectivity index (χ0n) is 13.9. The molecule has 3 aromatic rings. The van der Waals surface area contributed by atoms with Gasteiger partial charge in [0.25, 0.3) is 0 Å². The van der Waals surface area contributed by atoms with Crippen molar-refractivity contribution in [3.63, 3.8) is 0 Å². The SMILES string of the molecule is CCOCOCc1ccc(-c2ccc(-c3ccccc3)cc2)cc1. The quantitative estimate of drug-likeness (QED) is 0.421. The lowest BCUT2D eigenvalue weighted by atomic mass is 10.00. The molecule has 0 radical (unpaired) electrons. The van der Waals surface area contributed by atoms with Crippen LogP contribution in [0.4, 0.5) is 0 Å². The van der Waals surface area contributed by atoms with Gasteiger partial charge in [0, 0.05) is 6.61 Å². The van der Waals surface area contributed by atoms with Gasteiger partial charge >= 0.3 is 0 Å². The van der Waals surface area contributed by atoms with Crippen molar-refractivity contribution in [3.05, 3.63) is 84.4 Å². The molecule has 0 amide bonds. The number of hydrogen-bond acceptors (Lipinski definition) is 2. The Bertz CT molecular complexity index is 731. The third kappa shape index (κ3) is 4.31. The molecule has 2 heteroatoms. The molecule has 0 aliphatic rings. The van der Waals surface area contributed by atoms with Crippen molar-refractivity contribution in [2.24, 2.45) is 0 Å². The number of rotatable bonds is 7. The van der Waals surface area contributed by atoms with E-state index in [-0.39, 0.29) is 0 Å². The summed E-state index contributed by atoms with van der Waals surface area (Å²) in [7, 11) is 0.